The van der Waals surface area contributed by atoms with Crippen molar-refractivity contribution in [2.45, 2.75) is 44.6 Å². The van der Waals surface area contributed by atoms with Gasteiger partial charge in [0.25, 0.3) is 0 Å². The van der Waals surface area contributed by atoms with Crippen LogP contribution >= 0.6 is 0 Å². The maximum atomic E-state index is 11.6. The Bertz CT molecular complexity index is 263. The summed E-state index contributed by atoms with van der Waals surface area (Å²) < 4.78 is 21.4. The number of ketones is 1. The standard InChI is InChI=1S/C10H16O5/c1-10(2)13-5-7(15-10)9-6(11)4-8(12-3)14-9/h7-9H,4-5H2,1-3H3/t7-,8?,9+/m1/s1. The van der Waals surface area contributed by atoms with E-state index in [-0.39, 0.29) is 11.9 Å². The van der Waals surface area contributed by atoms with E-state index in [2.05, 4.69) is 0 Å². The summed E-state index contributed by atoms with van der Waals surface area (Å²) in [6, 6.07) is 0. The molecule has 1 unspecified atom stereocenters. The third-order valence-electron chi connectivity index (χ3n) is 2.61. The van der Waals surface area contributed by atoms with E-state index in [0.717, 1.165) is 0 Å². The van der Waals surface area contributed by atoms with E-state index in [1.165, 1.54) is 7.11 Å². The first kappa shape index (κ1) is 11.0. The van der Waals surface area contributed by atoms with Crippen molar-refractivity contribution in [2.24, 2.45) is 0 Å². The molecule has 15 heavy (non-hydrogen) atoms. The van der Waals surface area contributed by atoms with Gasteiger partial charge in [-0.25, -0.2) is 0 Å². The van der Waals surface area contributed by atoms with Crippen LogP contribution in [0, 0.1) is 0 Å². The highest BCUT2D eigenvalue weighted by Crippen LogP contribution is 2.29. The monoisotopic (exact) mass is 216 g/mol. The second-order valence-electron chi connectivity index (χ2n) is 4.26. The minimum atomic E-state index is -0.626. The van der Waals surface area contributed by atoms with Crippen LogP contribution in [0.1, 0.15) is 20.3 Å². The summed E-state index contributed by atoms with van der Waals surface area (Å²) in [7, 11) is 1.52. The predicted octanol–water partition coefficient (Wildman–Crippen LogP) is 0.468. The molecule has 5 heteroatoms. The Balaban J connectivity index is 1.98. The molecule has 2 aliphatic heterocycles. The van der Waals surface area contributed by atoms with Crippen LogP contribution in [0.25, 0.3) is 0 Å². The van der Waals surface area contributed by atoms with E-state index in [0.29, 0.717) is 13.0 Å². The lowest BCUT2D eigenvalue weighted by molar-refractivity contribution is -0.175. The Morgan fingerprint density at radius 2 is 2.20 bits per heavy atom. The zero-order chi connectivity index (χ0) is 11.1. The molecule has 5 nitrogen and oxygen atoms in total. The molecule has 0 aliphatic carbocycles. The number of ether oxygens (including phenoxy) is 4. The maximum Gasteiger partial charge on any atom is 0.169 e. The summed E-state index contributed by atoms with van der Waals surface area (Å²) in [6.07, 6.45) is -0.999. The quantitative estimate of drug-likeness (QED) is 0.671. The van der Waals surface area contributed by atoms with Crippen molar-refractivity contribution in [1.82, 2.24) is 0 Å². The molecule has 0 aromatic rings. The van der Waals surface area contributed by atoms with Gasteiger partial charge in [0, 0.05) is 7.11 Å². The summed E-state index contributed by atoms with van der Waals surface area (Å²) in [5.74, 6) is -0.604. The number of Topliss-reactive ketones (excluding diaryl/α,β-unsaturated/α-hetero) is 1. The highest BCUT2D eigenvalue weighted by Gasteiger charge is 2.45. The maximum absolute atomic E-state index is 11.6. The van der Waals surface area contributed by atoms with Gasteiger partial charge in [0.1, 0.15) is 12.2 Å². The van der Waals surface area contributed by atoms with Gasteiger partial charge in [-0.2, -0.15) is 0 Å². The molecule has 0 amide bonds. The van der Waals surface area contributed by atoms with Gasteiger partial charge in [-0.1, -0.05) is 0 Å². The average Bonchev–Trinajstić information content (AvgIpc) is 2.69. The van der Waals surface area contributed by atoms with E-state index in [9.17, 15) is 4.79 Å². The van der Waals surface area contributed by atoms with Crippen molar-refractivity contribution in [3.63, 3.8) is 0 Å². The predicted molar refractivity (Wildman–Crippen MR) is 50.2 cm³/mol. The lowest BCUT2D eigenvalue weighted by Crippen LogP contribution is -2.35. The number of carbonyl (C=O) groups is 1. The summed E-state index contributed by atoms with van der Waals surface area (Å²) in [4.78, 5) is 11.6. The SMILES string of the molecule is COC1CC(=O)[C@@H]([C@H]2COC(C)(C)O2)O1. The number of carbonyl (C=O) groups excluding carboxylic acids is 1. The van der Waals surface area contributed by atoms with Crippen LogP contribution in [0.15, 0.2) is 0 Å². The van der Waals surface area contributed by atoms with Crippen LogP contribution in [0.3, 0.4) is 0 Å². The number of methoxy groups -OCH3 is 1. The highest BCUT2D eigenvalue weighted by atomic mass is 16.8. The summed E-state index contributed by atoms with van der Waals surface area (Å²) in [5.41, 5.74) is 0. The van der Waals surface area contributed by atoms with Crippen molar-refractivity contribution in [3.05, 3.63) is 0 Å². The highest BCUT2D eigenvalue weighted by molar-refractivity contribution is 5.85. The average molecular weight is 216 g/mol. The molecule has 3 atom stereocenters. The topological polar surface area (TPSA) is 54.0 Å². The van der Waals surface area contributed by atoms with Gasteiger partial charge in [-0.05, 0) is 13.8 Å². The van der Waals surface area contributed by atoms with Gasteiger partial charge in [0.2, 0.25) is 0 Å². The van der Waals surface area contributed by atoms with E-state index >= 15 is 0 Å². The first-order valence-corrected chi connectivity index (χ1v) is 5.04. The largest absolute Gasteiger partial charge is 0.355 e. The molecule has 0 N–H and O–H groups in total. The zero-order valence-electron chi connectivity index (χ0n) is 9.19. The Morgan fingerprint density at radius 3 is 2.67 bits per heavy atom. The Hall–Kier alpha value is -0.490. The minimum absolute atomic E-state index is 0.0214. The molecule has 0 spiro atoms. The molecule has 2 heterocycles. The second kappa shape index (κ2) is 3.83. The van der Waals surface area contributed by atoms with Gasteiger partial charge in [0.05, 0.1) is 13.0 Å². The Labute approximate surface area is 88.6 Å². The van der Waals surface area contributed by atoms with Gasteiger partial charge < -0.3 is 18.9 Å². The molecular formula is C10H16O5. The molecule has 2 saturated heterocycles. The van der Waals surface area contributed by atoms with Crippen molar-refractivity contribution < 1.29 is 23.7 Å². The molecule has 2 fully saturated rings. The smallest absolute Gasteiger partial charge is 0.169 e. The molecule has 0 bridgehead atoms. The van der Waals surface area contributed by atoms with Crippen molar-refractivity contribution in [1.29, 1.82) is 0 Å². The molecule has 0 aromatic heterocycles. The molecule has 0 aromatic carbocycles. The van der Waals surface area contributed by atoms with Crippen LogP contribution in [-0.2, 0) is 23.7 Å². The fourth-order valence-electron chi connectivity index (χ4n) is 1.87. The van der Waals surface area contributed by atoms with Gasteiger partial charge in [0.15, 0.2) is 17.9 Å². The molecular weight excluding hydrogens is 200 g/mol. The molecule has 0 saturated carbocycles. The van der Waals surface area contributed by atoms with E-state index < -0.39 is 18.2 Å². The molecule has 0 radical (unpaired) electrons. The molecule has 2 rings (SSSR count). The van der Waals surface area contributed by atoms with Crippen molar-refractivity contribution in [3.8, 4) is 0 Å². The van der Waals surface area contributed by atoms with E-state index in [4.69, 9.17) is 18.9 Å². The lowest BCUT2D eigenvalue weighted by atomic mass is 10.1. The fourth-order valence-corrected chi connectivity index (χ4v) is 1.87. The second-order valence-corrected chi connectivity index (χ2v) is 4.26. The van der Waals surface area contributed by atoms with Crippen molar-refractivity contribution >= 4 is 5.78 Å². The summed E-state index contributed by atoms with van der Waals surface area (Å²) >= 11 is 0. The summed E-state index contributed by atoms with van der Waals surface area (Å²) in [5, 5.41) is 0. The first-order valence-electron chi connectivity index (χ1n) is 5.04. The molecule has 2 aliphatic rings. The van der Waals surface area contributed by atoms with Crippen LogP contribution in [0.2, 0.25) is 0 Å². The van der Waals surface area contributed by atoms with Gasteiger partial charge >= 0.3 is 0 Å². The Kier molecular flexibility index (Phi) is 2.81. The third kappa shape index (κ3) is 2.20. The Morgan fingerprint density at radius 1 is 1.47 bits per heavy atom. The van der Waals surface area contributed by atoms with Crippen LogP contribution < -0.4 is 0 Å². The lowest BCUT2D eigenvalue weighted by Gasteiger charge is -2.20. The van der Waals surface area contributed by atoms with Crippen molar-refractivity contribution in [2.75, 3.05) is 13.7 Å². The van der Waals surface area contributed by atoms with E-state index in [1.807, 2.05) is 13.8 Å². The number of rotatable bonds is 2. The first-order chi connectivity index (χ1) is 7.02. The fraction of sp³-hybridized carbons (Fsp3) is 0.900. The summed E-state index contributed by atoms with van der Waals surface area (Å²) in [6.45, 7) is 4.03. The number of hydrogen-bond donors (Lipinski definition) is 0. The van der Waals surface area contributed by atoms with Crippen LogP contribution in [0.5, 0.6) is 0 Å². The van der Waals surface area contributed by atoms with Crippen LogP contribution in [-0.4, -0.2) is 43.8 Å². The minimum Gasteiger partial charge on any atom is -0.355 e. The molecule has 86 valence electrons. The normalized spacial score (nSPS) is 39.9. The number of hydrogen-bond acceptors (Lipinski definition) is 5. The third-order valence-corrected chi connectivity index (χ3v) is 2.61. The van der Waals surface area contributed by atoms with E-state index in [1.54, 1.807) is 0 Å². The van der Waals surface area contributed by atoms with Crippen LogP contribution in [0.4, 0.5) is 0 Å². The zero-order valence-corrected chi connectivity index (χ0v) is 9.19. The van der Waals surface area contributed by atoms with Gasteiger partial charge in [-0.15, -0.1) is 0 Å². The van der Waals surface area contributed by atoms with Gasteiger partial charge in [-0.3, -0.25) is 4.79 Å².